The fourth-order valence-corrected chi connectivity index (χ4v) is 4.38. The molecule has 30 heavy (non-hydrogen) atoms. The smallest absolute Gasteiger partial charge is 0.253 e. The van der Waals surface area contributed by atoms with Crippen LogP contribution in [0.2, 0.25) is 0 Å². The maximum absolute atomic E-state index is 13.0. The molecular formula is C21H30N4O4S. The predicted octanol–water partition coefficient (Wildman–Crippen LogP) is 2.93. The molecule has 0 N–H and O–H groups in total. The molecule has 1 aromatic carbocycles. The average molecular weight is 435 g/mol. The summed E-state index contributed by atoms with van der Waals surface area (Å²) in [6, 6.07) is 6.08. The first-order valence-electron chi connectivity index (χ1n) is 10.1. The second-order valence-electron chi connectivity index (χ2n) is 9.17. The number of amides is 1. The molecule has 0 bridgehead atoms. The van der Waals surface area contributed by atoms with Crippen LogP contribution in [0.4, 0.5) is 0 Å². The van der Waals surface area contributed by atoms with Gasteiger partial charge >= 0.3 is 0 Å². The third-order valence-corrected chi connectivity index (χ3v) is 6.93. The first-order chi connectivity index (χ1) is 14.0. The van der Waals surface area contributed by atoms with E-state index in [9.17, 15) is 13.2 Å². The normalized spacial score (nSPS) is 18.1. The van der Waals surface area contributed by atoms with Gasteiger partial charge in [-0.15, -0.1) is 10.2 Å². The number of hydrogen-bond acceptors (Lipinski definition) is 6. The van der Waals surface area contributed by atoms with E-state index in [1.165, 1.54) is 26.2 Å². The summed E-state index contributed by atoms with van der Waals surface area (Å²) in [6.45, 7) is 7.51. The fourth-order valence-electron chi connectivity index (χ4n) is 3.48. The Morgan fingerprint density at radius 1 is 1.20 bits per heavy atom. The van der Waals surface area contributed by atoms with E-state index in [1.54, 1.807) is 17.0 Å². The lowest BCUT2D eigenvalue weighted by Gasteiger charge is -2.31. The van der Waals surface area contributed by atoms with Crippen LogP contribution in [0.15, 0.2) is 33.6 Å². The largest absolute Gasteiger partial charge is 0.425 e. The summed E-state index contributed by atoms with van der Waals surface area (Å²) in [4.78, 5) is 14.9. The minimum atomic E-state index is -3.52. The number of piperidine rings is 1. The maximum atomic E-state index is 13.0. The zero-order chi connectivity index (χ0) is 22.1. The van der Waals surface area contributed by atoms with Crippen molar-refractivity contribution in [3.8, 4) is 0 Å². The molecule has 1 fully saturated rings. The number of benzene rings is 1. The van der Waals surface area contributed by atoms with E-state index in [0.717, 1.165) is 17.1 Å². The predicted molar refractivity (Wildman–Crippen MR) is 113 cm³/mol. The van der Waals surface area contributed by atoms with Crippen LogP contribution in [0.5, 0.6) is 0 Å². The Morgan fingerprint density at radius 3 is 2.47 bits per heavy atom. The molecule has 1 amide bonds. The molecule has 1 saturated heterocycles. The summed E-state index contributed by atoms with van der Waals surface area (Å²) in [5.41, 5.74) is 0.525. The molecule has 1 aromatic heterocycles. The Hall–Kier alpha value is -2.26. The Morgan fingerprint density at radius 2 is 1.87 bits per heavy atom. The summed E-state index contributed by atoms with van der Waals surface area (Å²) in [5, 5.41) is 8.39. The fraction of sp³-hybridized carbons (Fsp3) is 0.571. The van der Waals surface area contributed by atoms with Crippen molar-refractivity contribution in [1.29, 1.82) is 0 Å². The number of likely N-dealkylation sites (tertiary alicyclic amines) is 1. The molecule has 0 saturated carbocycles. The van der Waals surface area contributed by atoms with Gasteiger partial charge in [-0.1, -0.05) is 20.8 Å². The highest BCUT2D eigenvalue weighted by Gasteiger charge is 2.29. The molecule has 0 radical (unpaired) electrons. The molecule has 3 rings (SSSR count). The lowest BCUT2D eigenvalue weighted by molar-refractivity contribution is 0.0697. The van der Waals surface area contributed by atoms with Crippen LogP contribution in [0.3, 0.4) is 0 Å². The minimum absolute atomic E-state index is 0.0114. The average Bonchev–Trinajstić information content (AvgIpc) is 3.14. The van der Waals surface area contributed by atoms with Crippen molar-refractivity contribution in [3.63, 3.8) is 0 Å². The number of nitrogens with zero attached hydrogens (tertiary/aromatic N) is 4. The maximum Gasteiger partial charge on any atom is 0.253 e. The molecule has 9 heteroatoms. The van der Waals surface area contributed by atoms with Gasteiger partial charge in [-0.25, -0.2) is 12.7 Å². The molecule has 1 atom stereocenters. The summed E-state index contributed by atoms with van der Waals surface area (Å²) >= 11 is 0. The molecule has 8 nitrogen and oxygen atoms in total. The number of aromatic nitrogens is 2. The third kappa shape index (κ3) is 5.07. The molecule has 164 valence electrons. The standard InChI is InChI=1S/C21H30N4O4S/c1-21(2,3)13-18-22-23-19(29-18)16-7-6-12-25(14-16)20(26)15-8-10-17(11-9-15)30(27,28)24(4)5/h8-11,16H,6-7,12-14H2,1-5H3. The molecular weight excluding hydrogens is 404 g/mol. The van der Waals surface area contributed by atoms with Crippen molar-refractivity contribution < 1.29 is 17.6 Å². The second kappa shape index (κ2) is 8.47. The monoisotopic (exact) mass is 434 g/mol. The van der Waals surface area contributed by atoms with E-state index in [2.05, 4.69) is 31.0 Å². The van der Waals surface area contributed by atoms with Gasteiger partial charge in [0.2, 0.25) is 21.8 Å². The Balaban J connectivity index is 1.70. The van der Waals surface area contributed by atoms with E-state index in [-0.39, 0.29) is 22.1 Å². The number of hydrogen-bond donors (Lipinski definition) is 0. The van der Waals surface area contributed by atoms with Gasteiger partial charge < -0.3 is 9.32 Å². The summed E-state index contributed by atoms with van der Waals surface area (Å²) < 4.78 is 31.4. The van der Waals surface area contributed by atoms with E-state index < -0.39 is 10.0 Å². The van der Waals surface area contributed by atoms with Gasteiger partial charge in [-0.2, -0.15) is 0 Å². The molecule has 0 aliphatic carbocycles. The highest BCUT2D eigenvalue weighted by Crippen LogP contribution is 2.28. The van der Waals surface area contributed by atoms with Gasteiger partial charge in [0.1, 0.15) is 0 Å². The van der Waals surface area contributed by atoms with Gasteiger partial charge in [0.05, 0.1) is 10.8 Å². The van der Waals surface area contributed by atoms with Crippen molar-refractivity contribution in [2.75, 3.05) is 27.2 Å². The van der Waals surface area contributed by atoms with Crippen LogP contribution >= 0.6 is 0 Å². The molecule has 2 heterocycles. The highest BCUT2D eigenvalue weighted by atomic mass is 32.2. The summed E-state index contributed by atoms with van der Waals surface area (Å²) in [6.07, 6.45) is 2.44. The number of sulfonamides is 1. The van der Waals surface area contributed by atoms with Gasteiger partial charge in [-0.05, 0) is 42.5 Å². The quantitative estimate of drug-likeness (QED) is 0.718. The first kappa shape index (κ1) is 22.4. The topological polar surface area (TPSA) is 96.6 Å². The number of carbonyl (C=O) groups excluding carboxylic acids is 1. The SMILES string of the molecule is CN(C)S(=O)(=O)c1ccc(C(=O)N2CCCC(c3nnc(CC(C)(C)C)o3)C2)cc1. The lowest BCUT2D eigenvalue weighted by Crippen LogP contribution is -2.39. The zero-order valence-electron chi connectivity index (χ0n) is 18.3. The van der Waals surface area contributed by atoms with Gasteiger partial charge in [-0.3, -0.25) is 4.79 Å². The van der Waals surface area contributed by atoms with Crippen molar-refractivity contribution in [2.45, 2.75) is 50.8 Å². The number of carbonyl (C=O) groups is 1. The Bertz CT molecular complexity index is 991. The summed E-state index contributed by atoms with van der Waals surface area (Å²) in [7, 11) is -0.561. The van der Waals surface area contributed by atoms with E-state index in [0.29, 0.717) is 36.9 Å². The van der Waals surface area contributed by atoms with Gasteiger partial charge in [0.25, 0.3) is 5.91 Å². The lowest BCUT2D eigenvalue weighted by atomic mass is 9.92. The second-order valence-corrected chi connectivity index (χ2v) is 11.3. The van der Waals surface area contributed by atoms with E-state index >= 15 is 0 Å². The van der Waals surface area contributed by atoms with Gasteiger partial charge in [0, 0.05) is 39.2 Å². The molecule has 1 unspecified atom stereocenters. The molecule has 2 aromatic rings. The van der Waals surface area contributed by atoms with Crippen LogP contribution in [-0.2, 0) is 16.4 Å². The zero-order valence-corrected chi connectivity index (χ0v) is 19.1. The Kier molecular flexibility index (Phi) is 6.33. The van der Waals surface area contributed by atoms with Crippen LogP contribution < -0.4 is 0 Å². The first-order valence-corrected chi connectivity index (χ1v) is 11.6. The molecule has 1 aliphatic heterocycles. The molecule has 1 aliphatic rings. The highest BCUT2D eigenvalue weighted by molar-refractivity contribution is 7.89. The van der Waals surface area contributed by atoms with Crippen molar-refractivity contribution >= 4 is 15.9 Å². The van der Waals surface area contributed by atoms with Crippen molar-refractivity contribution in [1.82, 2.24) is 19.4 Å². The minimum Gasteiger partial charge on any atom is -0.425 e. The van der Waals surface area contributed by atoms with Crippen molar-refractivity contribution in [2.24, 2.45) is 5.41 Å². The Labute approximate surface area is 178 Å². The van der Waals surface area contributed by atoms with Crippen LogP contribution in [0.1, 0.15) is 61.7 Å². The number of rotatable bonds is 5. The van der Waals surface area contributed by atoms with Crippen LogP contribution in [-0.4, -0.2) is 60.9 Å². The van der Waals surface area contributed by atoms with Crippen molar-refractivity contribution in [3.05, 3.63) is 41.6 Å². The molecule has 0 spiro atoms. The van der Waals surface area contributed by atoms with Gasteiger partial charge in [0.15, 0.2) is 0 Å². The van der Waals surface area contributed by atoms with Crippen LogP contribution in [0.25, 0.3) is 0 Å². The third-order valence-electron chi connectivity index (χ3n) is 5.10. The summed E-state index contributed by atoms with van der Waals surface area (Å²) in [5.74, 6) is 1.10. The van der Waals surface area contributed by atoms with Crippen LogP contribution in [0, 0.1) is 5.41 Å². The van der Waals surface area contributed by atoms with E-state index in [4.69, 9.17) is 4.42 Å². The van der Waals surface area contributed by atoms with E-state index in [1.807, 2.05) is 0 Å².